The van der Waals surface area contributed by atoms with Crippen LogP contribution in [0.1, 0.15) is 16.7 Å². The van der Waals surface area contributed by atoms with E-state index in [-0.39, 0.29) is 6.03 Å². The van der Waals surface area contributed by atoms with Gasteiger partial charge in [-0.2, -0.15) is 0 Å². The second-order valence-electron chi connectivity index (χ2n) is 5.08. The molecule has 0 saturated heterocycles. The second kappa shape index (κ2) is 7.27. The Morgan fingerprint density at radius 1 is 1.14 bits per heavy atom. The molecule has 0 spiro atoms. The molecule has 0 aliphatic carbocycles. The maximum atomic E-state index is 11.9. The van der Waals surface area contributed by atoms with Crippen molar-refractivity contribution in [2.45, 2.75) is 20.3 Å². The van der Waals surface area contributed by atoms with Crippen molar-refractivity contribution < 1.29 is 4.79 Å². The number of anilines is 1. The van der Waals surface area contributed by atoms with Gasteiger partial charge in [0.1, 0.15) is 0 Å². The highest BCUT2D eigenvalue weighted by Crippen LogP contribution is 2.16. The van der Waals surface area contributed by atoms with Crippen LogP contribution in [0.4, 0.5) is 10.5 Å². The molecule has 2 aromatic carbocycles. The summed E-state index contributed by atoms with van der Waals surface area (Å²) in [5, 5.41) is 5.77. The van der Waals surface area contributed by atoms with Gasteiger partial charge < -0.3 is 10.6 Å². The molecule has 2 rings (SSSR count). The van der Waals surface area contributed by atoms with Gasteiger partial charge >= 0.3 is 6.03 Å². The quantitative estimate of drug-likeness (QED) is 0.844. The van der Waals surface area contributed by atoms with Crippen molar-refractivity contribution in [2.75, 3.05) is 11.9 Å². The average molecular weight is 347 g/mol. The molecule has 2 aromatic rings. The number of carbonyl (C=O) groups is 1. The van der Waals surface area contributed by atoms with E-state index in [9.17, 15) is 4.79 Å². The van der Waals surface area contributed by atoms with Crippen LogP contribution >= 0.6 is 15.9 Å². The normalized spacial score (nSPS) is 10.2. The summed E-state index contributed by atoms with van der Waals surface area (Å²) in [5.41, 5.74) is 4.24. The van der Waals surface area contributed by atoms with E-state index in [2.05, 4.69) is 38.7 Å². The van der Waals surface area contributed by atoms with Crippen LogP contribution in [0.25, 0.3) is 0 Å². The maximum Gasteiger partial charge on any atom is 0.319 e. The van der Waals surface area contributed by atoms with Gasteiger partial charge in [-0.05, 0) is 55.2 Å². The Bertz CT molecular complexity index is 640. The Hall–Kier alpha value is -1.81. The molecule has 0 unspecified atom stereocenters. The number of carbonyl (C=O) groups excluding carboxylic acids is 1. The zero-order valence-electron chi connectivity index (χ0n) is 12.2. The SMILES string of the molecule is Cc1ccc(C)c(NC(=O)NCCc2cccc(Br)c2)c1. The van der Waals surface area contributed by atoms with Crippen molar-refractivity contribution >= 4 is 27.6 Å². The lowest BCUT2D eigenvalue weighted by Crippen LogP contribution is -2.30. The van der Waals surface area contributed by atoms with Gasteiger partial charge in [0.25, 0.3) is 0 Å². The molecule has 4 heteroatoms. The number of halogens is 1. The monoisotopic (exact) mass is 346 g/mol. The highest BCUT2D eigenvalue weighted by molar-refractivity contribution is 9.10. The maximum absolute atomic E-state index is 11.9. The van der Waals surface area contributed by atoms with Gasteiger partial charge in [0, 0.05) is 16.7 Å². The first-order valence-corrected chi connectivity index (χ1v) is 7.70. The smallest absolute Gasteiger partial charge is 0.319 e. The molecule has 0 aliphatic heterocycles. The highest BCUT2D eigenvalue weighted by Gasteiger charge is 2.04. The van der Waals surface area contributed by atoms with Gasteiger partial charge in [0.2, 0.25) is 0 Å². The lowest BCUT2D eigenvalue weighted by atomic mass is 10.1. The van der Waals surface area contributed by atoms with Gasteiger partial charge in [0.05, 0.1) is 0 Å². The van der Waals surface area contributed by atoms with E-state index in [0.717, 1.165) is 27.7 Å². The summed E-state index contributed by atoms with van der Waals surface area (Å²) >= 11 is 3.44. The van der Waals surface area contributed by atoms with E-state index < -0.39 is 0 Å². The second-order valence-corrected chi connectivity index (χ2v) is 5.99. The lowest BCUT2D eigenvalue weighted by molar-refractivity contribution is 0.252. The number of amides is 2. The zero-order chi connectivity index (χ0) is 15.2. The number of urea groups is 1. The van der Waals surface area contributed by atoms with Crippen LogP contribution in [-0.4, -0.2) is 12.6 Å². The molecule has 0 heterocycles. The summed E-state index contributed by atoms with van der Waals surface area (Å²) in [5.74, 6) is 0. The molecule has 0 aliphatic rings. The van der Waals surface area contributed by atoms with Gasteiger partial charge in [-0.1, -0.05) is 40.2 Å². The van der Waals surface area contributed by atoms with Crippen molar-refractivity contribution in [3.8, 4) is 0 Å². The third kappa shape index (κ3) is 4.90. The molecule has 2 N–H and O–H groups in total. The Kier molecular flexibility index (Phi) is 5.39. The van der Waals surface area contributed by atoms with E-state index in [0.29, 0.717) is 6.54 Å². The lowest BCUT2D eigenvalue weighted by Gasteiger charge is -2.10. The van der Waals surface area contributed by atoms with Crippen LogP contribution in [0.3, 0.4) is 0 Å². The van der Waals surface area contributed by atoms with E-state index in [1.165, 1.54) is 5.56 Å². The van der Waals surface area contributed by atoms with E-state index in [1.54, 1.807) is 0 Å². The molecule has 0 aromatic heterocycles. The first-order valence-electron chi connectivity index (χ1n) is 6.91. The standard InChI is InChI=1S/C17H19BrN2O/c1-12-6-7-13(2)16(10-12)20-17(21)19-9-8-14-4-3-5-15(18)11-14/h3-7,10-11H,8-9H2,1-2H3,(H2,19,20,21). The predicted octanol–water partition coefficient (Wildman–Crippen LogP) is 4.43. The minimum atomic E-state index is -0.168. The van der Waals surface area contributed by atoms with Crippen LogP contribution in [0.2, 0.25) is 0 Å². The molecule has 21 heavy (non-hydrogen) atoms. The molecule has 0 atom stereocenters. The Labute approximate surface area is 133 Å². The van der Waals surface area contributed by atoms with Gasteiger partial charge in [0.15, 0.2) is 0 Å². The fourth-order valence-electron chi connectivity index (χ4n) is 2.05. The molecular formula is C17H19BrN2O. The van der Waals surface area contributed by atoms with Crippen LogP contribution in [-0.2, 0) is 6.42 Å². The van der Waals surface area contributed by atoms with E-state index in [4.69, 9.17) is 0 Å². The van der Waals surface area contributed by atoms with Crippen LogP contribution in [0.15, 0.2) is 46.9 Å². The highest BCUT2D eigenvalue weighted by atomic mass is 79.9. The van der Waals surface area contributed by atoms with E-state index >= 15 is 0 Å². The molecule has 0 saturated carbocycles. The summed E-state index contributed by atoms with van der Waals surface area (Å²) < 4.78 is 1.06. The Morgan fingerprint density at radius 2 is 1.95 bits per heavy atom. The summed E-state index contributed by atoms with van der Waals surface area (Å²) in [6.07, 6.45) is 0.805. The molecule has 0 bridgehead atoms. The van der Waals surface area contributed by atoms with Crippen LogP contribution < -0.4 is 10.6 Å². The van der Waals surface area contributed by atoms with Crippen LogP contribution in [0.5, 0.6) is 0 Å². The molecule has 3 nitrogen and oxygen atoms in total. The number of aryl methyl sites for hydroxylation is 2. The summed E-state index contributed by atoms with van der Waals surface area (Å²) in [6, 6.07) is 13.9. The summed E-state index contributed by atoms with van der Waals surface area (Å²) in [4.78, 5) is 11.9. The van der Waals surface area contributed by atoms with E-state index in [1.807, 2.05) is 44.2 Å². The van der Waals surface area contributed by atoms with Gasteiger partial charge in [-0.3, -0.25) is 0 Å². The van der Waals surface area contributed by atoms with Crippen molar-refractivity contribution in [1.29, 1.82) is 0 Å². The first-order chi connectivity index (χ1) is 10.0. The predicted molar refractivity (Wildman–Crippen MR) is 90.8 cm³/mol. The van der Waals surface area contributed by atoms with Gasteiger partial charge in [-0.25, -0.2) is 4.79 Å². The number of rotatable bonds is 4. The topological polar surface area (TPSA) is 41.1 Å². The van der Waals surface area contributed by atoms with Crippen molar-refractivity contribution in [2.24, 2.45) is 0 Å². The Morgan fingerprint density at radius 3 is 2.71 bits per heavy atom. The zero-order valence-corrected chi connectivity index (χ0v) is 13.8. The average Bonchev–Trinajstić information content (AvgIpc) is 2.43. The number of nitrogens with one attached hydrogen (secondary N) is 2. The third-order valence-corrected chi connectivity index (χ3v) is 3.72. The minimum absolute atomic E-state index is 0.168. The summed E-state index contributed by atoms with van der Waals surface area (Å²) in [7, 11) is 0. The molecular weight excluding hydrogens is 328 g/mol. The summed E-state index contributed by atoms with van der Waals surface area (Å²) in [6.45, 7) is 4.60. The van der Waals surface area contributed by atoms with Crippen molar-refractivity contribution in [1.82, 2.24) is 5.32 Å². The molecule has 0 radical (unpaired) electrons. The Balaban J connectivity index is 1.84. The minimum Gasteiger partial charge on any atom is -0.338 e. The fourth-order valence-corrected chi connectivity index (χ4v) is 2.50. The molecule has 0 fully saturated rings. The van der Waals surface area contributed by atoms with Crippen molar-refractivity contribution in [3.05, 3.63) is 63.6 Å². The first kappa shape index (κ1) is 15.6. The molecule has 110 valence electrons. The largest absolute Gasteiger partial charge is 0.338 e. The van der Waals surface area contributed by atoms with Crippen molar-refractivity contribution in [3.63, 3.8) is 0 Å². The molecule has 2 amide bonds. The fraction of sp³-hybridized carbons (Fsp3) is 0.235. The van der Waals surface area contributed by atoms with Gasteiger partial charge in [-0.15, -0.1) is 0 Å². The number of hydrogen-bond acceptors (Lipinski definition) is 1. The third-order valence-electron chi connectivity index (χ3n) is 3.23. The number of benzene rings is 2. The van der Waals surface area contributed by atoms with Crippen LogP contribution in [0, 0.1) is 13.8 Å². The number of hydrogen-bond donors (Lipinski definition) is 2.